The van der Waals surface area contributed by atoms with Crippen LogP contribution in [0.4, 0.5) is 32.0 Å². The lowest BCUT2D eigenvalue weighted by atomic mass is 9.65. The van der Waals surface area contributed by atoms with Crippen LogP contribution in [0.5, 0.6) is 0 Å². The Labute approximate surface area is 220 Å². The third-order valence-electron chi connectivity index (χ3n) is 7.30. The van der Waals surface area contributed by atoms with Crippen LogP contribution in [0.25, 0.3) is 0 Å². The number of nitrogens with one attached hydrogen (secondary N) is 1. The van der Waals surface area contributed by atoms with Crippen molar-refractivity contribution in [1.82, 2.24) is 0 Å². The Morgan fingerprint density at radius 3 is 2.37 bits per heavy atom. The second-order valence-electron chi connectivity index (χ2n) is 10.4. The topological polar surface area (TPSA) is 58.6 Å². The highest BCUT2D eigenvalue weighted by Crippen LogP contribution is 2.56. The summed E-state index contributed by atoms with van der Waals surface area (Å²) >= 11 is 1.46. The number of fused-ring (bicyclic) bond motifs is 4. The summed E-state index contributed by atoms with van der Waals surface area (Å²) in [5.74, 6) is -0.173. The zero-order valence-corrected chi connectivity index (χ0v) is 21.9. The van der Waals surface area contributed by atoms with E-state index in [0.717, 1.165) is 28.2 Å². The van der Waals surface area contributed by atoms with Crippen LogP contribution in [0, 0.1) is 5.92 Å². The summed E-state index contributed by atoms with van der Waals surface area (Å²) < 4.78 is 86.4. The molecule has 0 aromatic heterocycles. The molecule has 0 spiro atoms. The maximum Gasteiger partial charge on any atom is 0.430 e. The van der Waals surface area contributed by atoms with Gasteiger partial charge in [-0.15, -0.1) is 11.8 Å². The third kappa shape index (κ3) is 4.68. The molecular weight excluding hydrogens is 532 g/mol. The number of ether oxygens (including phenoxy) is 1. The summed E-state index contributed by atoms with van der Waals surface area (Å²) in [7, 11) is 0. The van der Waals surface area contributed by atoms with E-state index in [2.05, 4.69) is 5.32 Å². The zero-order chi connectivity index (χ0) is 28.3. The van der Waals surface area contributed by atoms with Crippen molar-refractivity contribution in [2.75, 3.05) is 17.7 Å². The summed E-state index contributed by atoms with van der Waals surface area (Å²) in [6.45, 7) is 7.49. The number of benzene rings is 2. The van der Waals surface area contributed by atoms with Gasteiger partial charge in [0.1, 0.15) is 6.61 Å². The molecule has 11 heteroatoms. The van der Waals surface area contributed by atoms with E-state index in [1.165, 1.54) is 11.8 Å². The number of alkyl halides is 6. The second kappa shape index (κ2) is 9.51. The number of esters is 1. The van der Waals surface area contributed by atoms with Crippen LogP contribution in [-0.4, -0.2) is 35.8 Å². The van der Waals surface area contributed by atoms with Crippen molar-refractivity contribution in [2.24, 2.45) is 5.92 Å². The van der Waals surface area contributed by atoms with Crippen LogP contribution in [-0.2, 0) is 15.8 Å². The molecule has 2 aromatic rings. The fourth-order valence-electron chi connectivity index (χ4n) is 4.99. The fourth-order valence-corrected chi connectivity index (χ4v) is 6.53. The molecule has 0 radical (unpaired) electrons. The van der Waals surface area contributed by atoms with Gasteiger partial charge in [-0.05, 0) is 60.7 Å². The average molecular weight is 560 g/mol. The lowest BCUT2D eigenvalue weighted by Gasteiger charge is -2.49. The van der Waals surface area contributed by atoms with Gasteiger partial charge in [0.2, 0.25) is 0 Å². The van der Waals surface area contributed by atoms with Crippen LogP contribution >= 0.6 is 11.8 Å². The molecule has 2 aliphatic rings. The summed E-state index contributed by atoms with van der Waals surface area (Å²) in [6.07, 6.45) is -10.1. The number of carbonyl (C=O) groups is 1. The Kier molecular flexibility index (Phi) is 7.10. The van der Waals surface area contributed by atoms with E-state index in [1.807, 2.05) is 13.8 Å². The van der Waals surface area contributed by atoms with Crippen LogP contribution in [0.15, 0.2) is 52.9 Å². The van der Waals surface area contributed by atoms with Crippen molar-refractivity contribution < 1.29 is 41.0 Å². The molecule has 0 aliphatic carbocycles. The van der Waals surface area contributed by atoms with Gasteiger partial charge in [0.25, 0.3) is 5.60 Å². The van der Waals surface area contributed by atoms with Gasteiger partial charge in [-0.1, -0.05) is 31.6 Å². The maximum absolute atomic E-state index is 13.5. The highest BCUT2D eigenvalue weighted by Gasteiger charge is 2.71. The van der Waals surface area contributed by atoms with Crippen molar-refractivity contribution in [1.29, 1.82) is 0 Å². The number of hydrogen-bond acceptors (Lipinski definition) is 5. The first kappa shape index (κ1) is 28.4. The Morgan fingerprint density at radius 2 is 1.76 bits per heavy atom. The third-order valence-corrected chi connectivity index (χ3v) is 8.49. The summed E-state index contributed by atoms with van der Waals surface area (Å²) in [4.78, 5) is 13.3. The first-order valence-corrected chi connectivity index (χ1v) is 12.8. The van der Waals surface area contributed by atoms with Crippen molar-refractivity contribution >= 4 is 23.4 Å². The lowest BCUT2D eigenvalue weighted by Crippen LogP contribution is -2.54. The van der Waals surface area contributed by atoms with E-state index in [4.69, 9.17) is 4.74 Å². The monoisotopic (exact) mass is 559 g/mol. The van der Waals surface area contributed by atoms with E-state index >= 15 is 0 Å². The van der Waals surface area contributed by atoms with Gasteiger partial charge < -0.3 is 15.2 Å². The molecule has 0 saturated carbocycles. The molecule has 206 valence electrons. The predicted octanol–water partition coefficient (Wildman–Crippen LogP) is 7.29. The Hall–Kier alpha value is -2.66. The number of hydrogen-bond donors (Lipinski definition) is 2. The van der Waals surface area contributed by atoms with E-state index in [1.54, 1.807) is 38.1 Å². The van der Waals surface area contributed by atoms with E-state index in [9.17, 15) is 36.2 Å². The molecule has 0 amide bonds. The number of thioether (sulfide) groups is 1. The molecule has 0 saturated heterocycles. The maximum atomic E-state index is 13.5. The Balaban J connectivity index is 1.69. The van der Waals surface area contributed by atoms with Crippen molar-refractivity contribution in [3.05, 3.63) is 70.3 Å². The van der Waals surface area contributed by atoms with Gasteiger partial charge in [-0.2, -0.15) is 26.3 Å². The first-order valence-electron chi connectivity index (χ1n) is 11.8. The number of carbonyl (C=O) groups excluding carboxylic acids is 1. The van der Waals surface area contributed by atoms with E-state index < -0.39 is 34.9 Å². The van der Waals surface area contributed by atoms with Crippen LogP contribution in [0.2, 0.25) is 0 Å². The van der Waals surface area contributed by atoms with Crippen LogP contribution in [0.3, 0.4) is 0 Å². The SMILES string of the molecule is CC(C)=CCOC(=O)c1ccc2c(c1)SCC1C2Nc2ccc(C(O)(C(F)(F)F)C(F)(F)F)cc2C1(C)C. The average Bonchev–Trinajstić information content (AvgIpc) is 2.81. The van der Waals surface area contributed by atoms with Gasteiger partial charge in [-0.25, -0.2) is 4.79 Å². The summed E-state index contributed by atoms with van der Waals surface area (Å²) in [6, 6.07) is 7.51. The lowest BCUT2D eigenvalue weighted by molar-refractivity contribution is -0.376. The molecule has 2 atom stereocenters. The molecule has 2 aliphatic heterocycles. The fraction of sp³-hybridized carbons (Fsp3) is 0.444. The molecule has 0 bridgehead atoms. The number of rotatable bonds is 4. The number of aliphatic hydroxyl groups is 1. The molecule has 2 unspecified atom stereocenters. The predicted molar refractivity (Wildman–Crippen MR) is 132 cm³/mol. The van der Waals surface area contributed by atoms with Gasteiger partial charge >= 0.3 is 18.3 Å². The molecule has 0 fully saturated rings. The minimum atomic E-state index is -5.96. The van der Waals surface area contributed by atoms with Crippen molar-refractivity contribution in [3.8, 4) is 0 Å². The molecule has 4 rings (SSSR count). The summed E-state index contributed by atoms with van der Waals surface area (Å²) in [5.41, 5.74) is -4.19. The van der Waals surface area contributed by atoms with Crippen LogP contribution < -0.4 is 5.32 Å². The highest BCUT2D eigenvalue weighted by molar-refractivity contribution is 7.99. The Morgan fingerprint density at radius 1 is 1.11 bits per heavy atom. The van der Waals surface area contributed by atoms with Gasteiger partial charge in [0, 0.05) is 27.8 Å². The largest absolute Gasteiger partial charge is 0.458 e. The van der Waals surface area contributed by atoms with Gasteiger partial charge in [-0.3, -0.25) is 0 Å². The molecule has 2 N–H and O–H groups in total. The first-order chi connectivity index (χ1) is 17.5. The van der Waals surface area contributed by atoms with Gasteiger partial charge in [0.15, 0.2) is 0 Å². The molecule has 2 aromatic carbocycles. The second-order valence-corrected chi connectivity index (χ2v) is 11.4. The summed E-state index contributed by atoms with van der Waals surface area (Å²) in [5, 5.41) is 13.2. The van der Waals surface area contributed by atoms with E-state index in [0.29, 0.717) is 23.1 Å². The minimum absolute atomic E-state index is 0.155. The smallest absolute Gasteiger partial charge is 0.430 e. The minimum Gasteiger partial charge on any atom is -0.458 e. The van der Waals surface area contributed by atoms with E-state index in [-0.39, 0.29) is 24.1 Å². The normalized spacial score (nSPS) is 20.4. The zero-order valence-electron chi connectivity index (χ0n) is 21.1. The molecule has 2 heterocycles. The highest BCUT2D eigenvalue weighted by atomic mass is 32.2. The molecule has 4 nitrogen and oxygen atoms in total. The number of allylic oxidation sites excluding steroid dienone is 1. The molecular formula is C27H27F6NO3S. The number of anilines is 1. The van der Waals surface area contributed by atoms with Crippen molar-refractivity contribution in [2.45, 2.75) is 62.0 Å². The molecule has 38 heavy (non-hydrogen) atoms. The van der Waals surface area contributed by atoms with Crippen molar-refractivity contribution in [3.63, 3.8) is 0 Å². The van der Waals surface area contributed by atoms with Gasteiger partial charge in [0.05, 0.1) is 11.6 Å². The standard InChI is InChI=1S/C27H27F6NO3S/c1-14(2)9-10-37-23(35)15-5-7-17-21(11-15)38-13-19-22(17)34-20-8-6-16(12-18(20)24(19,3)4)25(36,26(28,29)30)27(31,32)33/h5-9,11-12,19,22,34,36H,10,13H2,1-4H3. The quantitative estimate of drug-likeness (QED) is 0.234. The van der Waals surface area contributed by atoms with Crippen LogP contribution in [0.1, 0.15) is 60.8 Å². The Bertz CT molecular complexity index is 1270. The number of halogens is 6.